The molecule has 0 spiro atoms. The molecular weight excluding hydrogens is 292 g/mol. The molecule has 0 saturated carbocycles. The highest BCUT2D eigenvalue weighted by Gasteiger charge is 2.13. The van der Waals surface area contributed by atoms with Crippen LogP contribution in [0.25, 0.3) is 0 Å². The number of rotatable bonds is 6. The molecular formula is C19H20O4. The summed E-state index contributed by atoms with van der Waals surface area (Å²) in [5.41, 5.74) is 3.14. The predicted octanol–water partition coefficient (Wildman–Crippen LogP) is 3.78. The average molecular weight is 312 g/mol. The Morgan fingerprint density at radius 1 is 1.00 bits per heavy atom. The second kappa shape index (κ2) is 7.09. The number of aryl methyl sites for hydroxylation is 2. The normalized spacial score (nSPS) is 10.3. The van der Waals surface area contributed by atoms with E-state index in [1.807, 2.05) is 32.0 Å². The van der Waals surface area contributed by atoms with Gasteiger partial charge in [0.2, 0.25) is 0 Å². The third-order valence-corrected chi connectivity index (χ3v) is 3.62. The van der Waals surface area contributed by atoms with Gasteiger partial charge in [0.05, 0.1) is 7.11 Å². The molecule has 0 saturated heterocycles. The van der Waals surface area contributed by atoms with E-state index in [9.17, 15) is 9.59 Å². The Morgan fingerprint density at radius 3 is 2.39 bits per heavy atom. The fraction of sp³-hybridized carbons (Fsp3) is 0.263. The Bertz CT molecular complexity index is 747. The third kappa shape index (κ3) is 3.97. The minimum Gasteiger partial charge on any atom is -0.493 e. The molecule has 0 amide bonds. The van der Waals surface area contributed by atoms with Gasteiger partial charge >= 0.3 is 0 Å². The van der Waals surface area contributed by atoms with Crippen molar-refractivity contribution in [3.8, 4) is 11.5 Å². The van der Waals surface area contributed by atoms with Crippen LogP contribution >= 0.6 is 0 Å². The lowest BCUT2D eigenvalue weighted by atomic mass is 10.0. The summed E-state index contributed by atoms with van der Waals surface area (Å²) in [7, 11) is 1.50. The highest BCUT2D eigenvalue weighted by atomic mass is 16.5. The quantitative estimate of drug-likeness (QED) is 0.762. The monoisotopic (exact) mass is 312 g/mol. The number of hydrogen-bond donors (Lipinski definition) is 0. The third-order valence-electron chi connectivity index (χ3n) is 3.62. The molecule has 4 nitrogen and oxygen atoms in total. The van der Waals surface area contributed by atoms with Gasteiger partial charge in [-0.05, 0) is 50.6 Å². The van der Waals surface area contributed by atoms with E-state index in [0.717, 1.165) is 11.1 Å². The van der Waals surface area contributed by atoms with E-state index in [1.54, 1.807) is 18.2 Å². The van der Waals surface area contributed by atoms with Gasteiger partial charge in [-0.15, -0.1) is 0 Å². The number of carbonyl (C=O) groups excluding carboxylic acids is 2. The van der Waals surface area contributed by atoms with Crippen LogP contribution in [0.5, 0.6) is 11.5 Å². The molecule has 120 valence electrons. The summed E-state index contributed by atoms with van der Waals surface area (Å²) in [6.45, 7) is 5.24. The van der Waals surface area contributed by atoms with E-state index in [2.05, 4.69) is 0 Å². The van der Waals surface area contributed by atoms with Crippen molar-refractivity contribution in [2.45, 2.75) is 20.8 Å². The fourth-order valence-electron chi connectivity index (χ4n) is 2.26. The van der Waals surface area contributed by atoms with Crippen LogP contribution in [0.4, 0.5) is 0 Å². The molecule has 0 heterocycles. The van der Waals surface area contributed by atoms with Crippen LogP contribution in [0.1, 0.15) is 38.8 Å². The standard InChI is InChI=1S/C19H20O4/c1-12-5-6-13(2)16(9-12)17(21)11-23-18-8-7-15(14(3)20)10-19(18)22-4/h5-10H,11H2,1-4H3. The van der Waals surface area contributed by atoms with Gasteiger partial charge in [-0.3, -0.25) is 9.59 Å². The highest BCUT2D eigenvalue weighted by Crippen LogP contribution is 2.28. The van der Waals surface area contributed by atoms with Crippen LogP contribution in [0.2, 0.25) is 0 Å². The zero-order chi connectivity index (χ0) is 17.0. The Hall–Kier alpha value is -2.62. The Kier molecular flexibility index (Phi) is 5.16. The summed E-state index contributed by atoms with van der Waals surface area (Å²) >= 11 is 0. The van der Waals surface area contributed by atoms with Gasteiger partial charge in [0.1, 0.15) is 0 Å². The van der Waals surface area contributed by atoms with Crippen molar-refractivity contribution in [1.82, 2.24) is 0 Å². The maximum absolute atomic E-state index is 12.3. The molecule has 4 heteroatoms. The molecule has 0 aliphatic carbocycles. The summed E-state index contributed by atoms with van der Waals surface area (Å²) in [6.07, 6.45) is 0. The van der Waals surface area contributed by atoms with E-state index in [1.165, 1.54) is 14.0 Å². The van der Waals surface area contributed by atoms with Gasteiger partial charge in [0.15, 0.2) is 29.7 Å². The van der Waals surface area contributed by atoms with Crippen LogP contribution in [0, 0.1) is 13.8 Å². The van der Waals surface area contributed by atoms with Crippen LogP contribution < -0.4 is 9.47 Å². The highest BCUT2D eigenvalue weighted by molar-refractivity contribution is 5.98. The molecule has 0 N–H and O–H groups in total. The first-order chi connectivity index (χ1) is 10.9. The smallest absolute Gasteiger partial charge is 0.200 e. The average Bonchev–Trinajstić information content (AvgIpc) is 2.54. The molecule has 0 atom stereocenters. The summed E-state index contributed by atoms with van der Waals surface area (Å²) in [5.74, 6) is 0.729. The van der Waals surface area contributed by atoms with E-state index in [4.69, 9.17) is 9.47 Å². The lowest BCUT2D eigenvalue weighted by Crippen LogP contribution is -2.13. The molecule has 23 heavy (non-hydrogen) atoms. The molecule has 0 aliphatic heterocycles. The predicted molar refractivity (Wildman–Crippen MR) is 88.7 cm³/mol. The summed E-state index contributed by atoms with van der Waals surface area (Å²) in [6, 6.07) is 10.7. The maximum Gasteiger partial charge on any atom is 0.200 e. The molecule has 2 rings (SSSR count). The minimum absolute atomic E-state index is 0.0543. The van der Waals surface area contributed by atoms with Crippen LogP contribution in [0.15, 0.2) is 36.4 Å². The van der Waals surface area contributed by atoms with E-state index in [-0.39, 0.29) is 18.2 Å². The Morgan fingerprint density at radius 2 is 1.74 bits per heavy atom. The second-order valence-corrected chi connectivity index (χ2v) is 5.45. The SMILES string of the molecule is COc1cc(C(C)=O)ccc1OCC(=O)c1cc(C)ccc1C. The number of Topliss-reactive ketones (excluding diaryl/α,β-unsaturated/α-hetero) is 2. The summed E-state index contributed by atoms with van der Waals surface area (Å²) in [5, 5.41) is 0. The van der Waals surface area contributed by atoms with Gasteiger partial charge in [0.25, 0.3) is 0 Å². The summed E-state index contributed by atoms with van der Waals surface area (Å²) in [4.78, 5) is 23.7. The van der Waals surface area contributed by atoms with Gasteiger partial charge in [0, 0.05) is 11.1 Å². The number of benzene rings is 2. The first kappa shape index (κ1) is 16.7. The van der Waals surface area contributed by atoms with E-state index >= 15 is 0 Å². The maximum atomic E-state index is 12.3. The minimum atomic E-state index is -0.0936. The Balaban J connectivity index is 2.15. The first-order valence-electron chi connectivity index (χ1n) is 7.34. The largest absolute Gasteiger partial charge is 0.493 e. The van der Waals surface area contributed by atoms with Crippen molar-refractivity contribution in [2.75, 3.05) is 13.7 Å². The molecule has 0 fully saturated rings. The molecule has 0 radical (unpaired) electrons. The Labute approximate surface area is 136 Å². The van der Waals surface area contributed by atoms with Gasteiger partial charge in [-0.25, -0.2) is 0 Å². The first-order valence-corrected chi connectivity index (χ1v) is 7.34. The van der Waals surface area contributed by atoms with E-state index < -0.39 is 0 Å². The number of ketones is 2. The van der Waals surface area contributed by atoms with Gasteiger partial charge in [-0.1, -0.05) is 17.7 Å². The molecule has 0 aromatic heterocycles. The summed E-state index contributed by atoms with van der Waals surface area (Å²) < 4.78 is 10.8. The number of carbonyl (C=O) groups is 2. The van der Waals surface area contributed by atoms with Crippen molar-refractivity contribution < 1.29 is 19.1 Å². The molecule has 0 unspecified atom stereocenters. The fourth-order valence-corrected chi connectivity index (χ4v) is 2.26. The van der Waals surface area contributed by atoms with Crippen molar-refractivity contribution in [3.63, 3.8) is 0 Å². The molecule has 0 bridgehead atoms. The van der Waals surface area contributed by atoms with Crippen molar-refractivity contribution in [3.05, 3.63) is 58.7 Å². The van der Waals surface area contributed by atoms with Crippen molar-refractivity contribution >= 4 is 11.6 Å². The second-order valence-electron chi connectivity index (χ2n) is 5.45. The topological polar surface area (TPSA) is 52.6 Å². The lowest BCUT2D eigenvalue weighted by Gasteiger charge is -2.12. The van der Waals surface area contributed by atoms with E-state index in [0.29, 0.717) is 22.6 Å². The zero-order valence-electron chi connectivity index (χ0n) is 13.8. The number of hydrogen-bond acceptors (Lipinski definition) is 4. The van der Waals surface area contributed by atoms with Crippen molar-refractivity contribution in [2.24, 2.45) is 0 Å². The van der Waals surface area contributed by atoms with Crippen LogP contribution in [0.3, 0.4) is 0 Å². The zero-order valence-corrected chi connectivity index (χ0v) is 13.8. The van der Waals surface area contributed by atoms with Crippen LogP contribution in [-0.4, -0.2) is 25.3 Å². The van der Waals surface area contributed by atoms with Crippen molar-refractivity contribution in [1.29, 1.82) is 0 Å². The molecule has 2 aromatic rings. The van der Waals surface area contributed by atoms with Gasteiger partial charge in [-0.2, -0.15) is 0 Å². The van der Waals surface area contributed by atoms with Gasteiger partial charge < -0.3 is 9.47 Å². The molecule has 2 aromatic carbocycles. The molecule has 0 aliphatic rings. The van der Waals surface area contributed by atoms with Crippen LogP contribution in [-0.2, 0) is 0 Å². The number of methoxy groups -OCH3 is 1. The lowest BCUT2D eigenvalue weighted by molar-refractivity contribution is 0.0917. The number of ether oxygens (including phenoxy) is 2.